The van der Waals surface area contributed by atoms with E-state index in [0.29, 0.717) is 11.1 Å². The van der Waals surface area contributed by atoms with Gasteiger partial charge < -0.3 is 10.4 Å². The fourth-order valence-corrected chi connectivity index (χ4v) is 1.97. The Bertz CT molecular complexity index is 570. The monoisotopic (exact) mass is 280 g/mol. The molecule has 2 N–H and O–H groups in total. The molecule has 0 heterocycles. The van der Waals surface area contributed by atoms with Gasteiger partial charge in [0, 0.05) is 18.7 Å². The molecule has 7 nitrogen and oxygen atoms in total. The van der Waals surface area contributed by atoms with E-state index in [1.165, 1.54) is 26.1 Å². The number of nitrogens with zero attached hydrogens (tertiary/aromatic N) is 1. The summed E-state index contributed by atoms with van der Waals surface area (Å²) in [4.78, 5) is 33.5. The van der Waals surface area contributed by atoms with E-state index in [2.05, 4.69) is 5.32 Å². The molecule has 0 bridgehead atoms. The summed E-state index contributed by atoms with van der Waals surface area (Å²) < 4.78 is 0. The van der Waals surface area contributed by atoms with E-state index in [0.717, 1.165) is 0 Å². The van der Waals surface area contributed by atoms with Crippen molar-refractivity contribution in [3.63, 3.8) is 0 Å². The van der Waals surface area contributed by atoms with Crippen LogP contribution >= 0.6 is 0 Å². The molecule has 0 aliphatic rings. The van der Waals surface area contributed by atoms with Gasteiger partial charge in [-0.1, -0.05) is 12.1 Å². The summed E-state index contributed by atoms with van der Waals surface area (Å²) in [5.74, 6) is -1.92. The quantitative estimate of drug-likeness (QED) is 0.479. The first-order valence-corrected chi connectivity index (χ1v) is 5.92. The first-order valence-electron chi connectivity index (χ1n) is 5.92. The summed E-state index contributed by atoms with van der Waals surface area (Å²) >= 11 is 0. The van der Waals surface area contributed by atoms with E-state index in [4.69, 9.17) is 0 Å². The van der Waals surface area contributed by atoms with Crippen LogP contribution in [0.25, 0.3) is 0 Å². The Balaban J connectivity index is 3.26. The zero-order valence-corrected chi connectivity index (χ0v) is 11.5. The fraction of sp³-hybridized carbons (Fsp3) is 0.385. The minimum Gasteiger partial charge on any atom is -0.480 e. The number of nitro benzene ring substituents is 1. The lowest BCUT2D eigenvalue weighted by Crippen LogP contribution is -2.44. The largest absolute Gasteiger partial charge is 0.480 e. The minimum atomic E-state index is -1.67. The standard InChI is InChI=1S/C13H16N2O5/c1-8-9(5-4-6-10(8)15(19)20)7-13(2,12(17)18)11(16)14-3/h4-6H,7H2,1-3H3,(H,14,16)(H,17,18). The Morgan fingerprint density at radius 1 is 1.45 bits per heavy atom. The molecule has 7 heteroatoms. The molecule has 1 atom stereocenters. The van der Waals surface area contributed by atoms with Crippen molar-refractivity contribution in [3.05, 3.63) is 39.4 Å². The second-order valence-electron chi connectivity index (χ2n) is 4.71. The molecule has 0 spiro atoms. The minimum absolute atomic E-state index is 0.0906. The molecule has 0 aliphatic heterocycles. The highest BCUT2D eigenvalue weighted by atomic mass is 16.6. The summed E-state index contributed by atoms with van der Waals surface area (Å²) in [6.45, 7) is 2.84. The number of nitro groups is 1. The lowest BCUT2D eigenvalue weighted by atomic mass is 9.81. The number of hydrogen-bond donors (Lipinski definition) is 2. The van der Waals surface area contributed by atoms with Gasteiger partial charge in [-0.25, -0.2) is 0 Å². The Labute approximate surface area is 115 Å². The van der Waals surface area contributed by atoms with Crippen LogP contribution in [-0.2, 0) is 16.0 Å². The Morgan fingerprint density at radius 3 is 2.50 bits per heavy atom. The van der Waals surface area contributed by atoms with E-state index >= 15 is 0 Å². The molecule has 1 aromatic rings. The van der Waals surface area contributed by atoms with Crippen molar-refractivity contribution in [2.24, 2.45) is 5.41 Å². The molecular weight excluding hydrogens is 264 g/mol. The molecule has 0 fully saturated rings. The highest BCUT2D eigenvalue weighted by molar-refractivity contribution is 6.01. The number of carbonyl (C=O) groups excluding carboxylic acids is 1. The summed E-state index contributed by atoms with van der Waals surface area (Å²) in [5, 5.41) is 22.5. The van der Waals surface area contributed by atoms with Crippen molar-refractivity contribution in [3.8, 4) is 0 Å². The zero-order chi connectivity index (χ0) is 15.5. The van der Waals surface area contributed by atoms with Crippen molar-refractivity contribution in [1.82, 2.24) is 5.32 Å². The van der Waals surface area contributed by atoms with Crippen LogP contribution in [0.5, 0.6) is 0 Å². The number of carboxylic acids is 1. The number of rotatable bonds is 5. The number of aliphatic carboxylic acids is 1. The SMILES string of the molecule is CNC(=O)C(C)(Cc1cccc([N+](=O)[O-])c1C)C(=O)O. The van der Waals surface area contributed by atoms with Gasteiger partial charge in [-0.15, -0.1) is 0 Å². The molecule has 108 valence electrons. The van der Waals surface area contributed by atoms with Crippen LogP contribution in [0, 0.1) is 22.5 Å². The zero-order valence-electron chi connectivity index (χ0n) is 11.5. The molecule has 0 radical (unpaired) electrons. The average Bonchev–Trinajstić information content (AvgIpc) is 2.39. The molecule has 1 amide bonds. The van der Waals surface area contributed by atoms with Crippen molar-refractivity contribution < 1.29 is 19.6 Å². The molecule has 0 aromatic heterocycles. The maximum atomic E-state index is 11.8. The van der Waals surface area contributed by atoms with Gasteiger partial charge in [0.2, 0.25) is 5.91 Å². The number of hydrogen-bond acceptors (Lipinski definition) is 4. The van der Waals surface area contributed by atoms with E-state index in [9.17, 15) is 24.8 Å². The molecule has 0 aliphatic carbocycles. The second-order valence-corrected chi connectivity index (χ2v) is 4.71. The highest BCUT2D eigenvalue weighted by Gasteiger charge is 2.41. The number of benzene rings is 1. The number of carboxylic acid groups (broad SMARTS) is 1. The molecule has 20 heavy (non-hydrogen) atoms. The maximum Gasteiger partial charge on any atom is 0.319 e. The van der Waals surface area contributed by atoms with Gasteiger partial charge in [0.05, 0.1) is 4.92 Å². The summed E-state index contributed by atoms with van der Waals surface area (Å²) in [6, 6.07) is 4.41. The highest BCUT2D eigenvalue weighted by Crippen LogP contribution is 2.29. The smallest absolute Gasteiger partial charge is 0.319 e. The molecule has 0 saturated carbocycles. The molecular formula is C13H16N2O5. The molecule has 1 rings (SSSR count). The van der Waals surface area contributed by atoms with Gasteiger partial charge >= 0.3 is 5.97 Å². The summed E-state index contributed by atoms with van der Waals surface area (Å²) in [5.41, 5.74) is -0.928. The Kier molecular flexibility index (Phi) is 4.44. The molecule has 1 unspecified atom stereocenters. The van der Waals surface area contributed by atoms with Gasteiger partial charge in [-0.05, 0) is 25.8 Å². The second kappa shape index (κ2) is 5.68. The van der Waals surface area contributed by atoms with E-state index in [1.54, 1.807) is 13.0 Å². The topological polar surface area (TPSA) is 110 Å². The van der Waals surface area contributed by atoms with Crippen LogP contribution in [0.1, 0.15) is 18.1 Å². The van der Waals surface area contributed by atoms with Crippen LogP contribution in [0.15, 0.2) is 18.2 Å². The number of nitrogens with one attached hydrogen (secondary N) is 1. The Morgan fingerprint density at radius 2 is 2.05 bits per heavy atom. The van der Waals surface area contributed by atoms with Crippen LogP contribution in [0.2, 0.25) is 0 Å². The third kappa shape index (κ3) is 2.76. The first kappa shape index (κ1) is 15.6. The van der Waals surface area contributed by atoms with Gasteiger partial charge in [-0.2, -0.15) is 0 Å². The van der Waals surface area contributed by atoms with Gasteiger partial charge in [0.1, 0.15) is 5.41 Å². The van der Waals surface area contributed by atoms with Gasteiger partial charge in [0.25, 0.3) is 5.69 Å². The summed E-state index contributed by atoms with van der Waals surface area (Å²) in [7, 11) is 1.35. The van der Waals surface area contributed by atoms with E-state index < -0.39 is 22.2 Å². The lowest BCUT2D eigenvalue weighted by molar-refractivity contribution is -0.385. The number of amides is 1. The van der Waals surface area contributed by atoms with Crippen LogP contribution < -0.4 is 5.32 Å². The van der Waals surface area contributed by atoms with E-state index in [1.807, 2.05) is 0 Å². The molecule has 1 aromatic carbocycles. The summed E-state index contributed by atoms with van der Waals surface area (Å²) in [6.07, 6.45) is -0.116. The normalized spacial score (nSPS) is 13.3. The predicted octanol–water partition coefficient (Wildman–Crippen LogP) is 1.28. The average molecular weight is 280 g/mol. The van der Waals surface area contributed by atoms with Crippen molar-refractivity contribution in [2.75, 3.05) is 7.05 Å². The molecule has 0 saturated heterocycles. The van der Waals surface area contributed by atoms with Crippen molar-refractivity contribution in [1.29, 1.82) is 0 Å². The van der Waals surface area contributed by atoms with Crippen LogP contribution in [0.3, 0.4) is 0 Å². The van der Waals surface area contributed by atoms with Crippen LogP contribution in [-0.4, -0.2) is 29.0 Å². The lowest BCUT2D eigenvalue weighted by Gasteiger charge is -2.23. The predicted molar refractivity (Wildman–Crippen MR) is 71.3 cm³/mol. The van der Waals surface area contributed by atoms with Gasteiger partial charge in [-0.3, -0.25) is 19.7 Å². The Hall–Kier alpha value is -2.44. The maximum absolute atomic E-state index is 11.8. The third-order valence-corrected chi connectivity index (χ3v) is 3.36. The third-order valence-electron chi connectivity index (χ3n) is 3.36. The fourth-order valence-electron chi connectivity index (χ4n) is 1.97. The number of carbonyl (C=O) groups is 2. The van der Waals surface area contributed by atoms with Crippen LogP contribution in [0.4, 0.5) is 5.69 Å². The first-order chi connectivity index (χ1) is 9.24. The van der Waals surface area contributed by atoms with E-state index in [-0.39, 0.29) is 12.1 Å². The van der Waals surface area contributed by atoms with Gasteiger partial charge in [0.15, 0.2) is 0 Å². The van der Waals surface area contributed by atoms with Crippen molar-refractivity contribution >= 4 is 17.6 Å². The van der Waals surface area contributed by atoms with Crippen molar-refractivity contribution in [2.45, 2.75) is 20.3 Å².